The lowest BCUT2D eigenvalue weighted by molar-refractivity contribution is 0.0502. The molecular formula is C17H23NO4. The molecule has 1 N–H and O–H groups in total. The number of ether oxygens (including phenoxy) is 2. The number of methoxy groups -OCH3 is 1. The molecule has 0 radical (unpaired) electrons. The molecule has 1 aromatic rings. The van der Waals surface area contributed by atoms with Gasteiger partial charge in [0, 0.05) is 0 Å². The minimum Gasteiger partial charge on any atom is -0.465 e. The van der Waals surface area contributed by atoms with Crippen LogP contribution in [0.3, 0.4) is 0 Å². The quantitative estimate of drug-likeness (QED) is 0.852. The van der Waals surface area contributed by atoms with Crippen molar-refractivity contribution in [3.63, 3.8) is 0 Å². The molecule has 0 fully saturated rings. The third-order valence-electron chi connectivity index (χ3n) is 3.79. The van der Waals surface area contributed by atoms with Crippen LogP contribution in [0.1, 0.15) is 60.3 Å². The van der Waals surface area contributed by atoms with Gasteiger partial charge in [0.15, 0.2) is 0 Å². The summed E-state index contributed by atoms with van der Waals surface area (Å²) in [5.41, 5.74) is 3.16. The molecule has 5 heteroatoms. The second-order valence-corrected chi connectivity index (χ2v) is 6.53. The van der Waals surface area contributed by atoms with E-state index in [2.05, 4.69) is 5.32 Å². The number of alkyl carbamates (subject to hydrolysis) is 1. The van der Waals surface area contributed by atoms with Gasteiger partial charge in [0.25, 0.3) is 0 Å². The van der Waals surface area contributed by atoms with Crippen LogP contribution in [-0.2, 0) is 15.9 Å². The molecular weight excluding hydrogens is 282 g/mol. The van der Waals surface area contributed by atoms with Crippen LogP contribution in [0.15, 0.2) is 12.1 Å². The van der Waals surface area contributed by atoms with E-state index in [4.69, 9.17) is 9.47 Å². The van der Waals surface area contributed by atoms with Gasteiger partial charge < -0.3 is 14.8 Å². The second kappa shape index (κ2) is 5.99. The Morgan fingerprint density at radius 1 is 1.27 bits per heavy atom. The van der Waals surface area contributed by atoms with Crippen LogP contribution in [0, 0.1) is 6.92 Å². The van der Waals surface area contributed by atoms with E-state index in [-0.39, 0.29) is 12.0 Å². The first kappa shape index (κ1) is 16.3. The molecule has 22 heavy (non-hydrogen) atoms. The van der Waals surface area contributed by atoms with Crippen molar-refractivity contribution in [2.24, 2.45) is 0 Å². The largest absolute Gasteiger partial charge is 0.465 e. The van der Waals surface area contributed by atoms with Gasteiger partial charge in [0.05, 0.1) is 18.7 Å². The summed E-state index contributed by atoms with van der Waals surface area (Å²) in [6, 6.07) is 3.58. The number of hydrogen-bond acceptors (Lipinski definition) is 4. The Kier molecular flexibility index (Phi) is 4.44. The normalized spacial score (nSPS) is 16.9. The summed E-state index contributed by atoms with van der Waals surface area (Å²) in [6.45, 7) is 7.42. The van der Waals surface area contributed by atoms with Gasteiger partial charge in [-0.25, -0.2) is 9.59 Å². The van der Waals surface area contributed by atoms with Crippen molar-refractivity contribution < 1.29 is 19.1 Å². The van der Waals surface area contributed by atoms with Crippen molar-refractivity contribution >= 4 is 12.1 Å². The zero-order valence-corrected chi connectivity index (χ0v) is 13.8. The van der Waals surface area contributed by atoms with E-state index in [1.807, 2.05) is 33.8 Å². The topological polar surface area (TPSA) is 64.6 Å². The standard InChI is InChI=1S/C17H23NO4/c1-10-11-8-9-14(18-16(20)22-17(2,3)4)13(11)7-6-12(10)15(19)21-5/h6-7,14H,8-9H2,1-5H3,(H,18,20)/t14-/m0/s1. The minimum absolute atomic E-state index is 0.0738. The first-order chi connectivity index (χ1) is 10.2. The zero-order valence-electron chi connectivity index (χ0n) is 13.8. The third kappa shape index (κ3) is 3.40. The molecule has 1 aromatic carbocycles. The van der Waals surface area contributed by atoms with E-state index in [9.17, 15) is 9.59 Å². The number of carbonyl (C=O) groups is 2. The molecule has 120 valence electrons. The van der Waals surface area contributed by atoms with Crippen molar-refractivity contribution in [1.29, 1.82) is 0 Å². The Labute approximate surface area is 131 Å². The third-order valence-corrected chi connectivity index (χ3v) is 3.79. The highest BCUT2D eigenvalue weighted by Gasteiger charge is 2.28. The Balaban J connectivity index is 2.18. The van der Waals surface area contributed by atoms with Gasteiger partial charge in [0.2, 0.25) is 0 Å². The zero-order chi connectivity index (χ0) is 16.5. The number of esters is 1. The fraction of sp³-hybridized carbons (Fsp3) is 0.529. The number of amides is 1. The lowest BCUT2D eigenvalue weighted by Crippen LogP contribution is -2.34. The Hall–Kier alpha value is -2.04. The minimum atomic E-state index is -0.518. The predicted molar refractivity (Wildman–Crippen MR) is 83.0 cm³/mol. The number of nitrogens with one attached hydrogen (secondary N) is 1. The number of carbonyl (C=O) groups excluding carboxylic acids is 2. The Morgan fingerprint density at radius 3 is 2.55 bits per heavy atom. The summed E-state index contributed by atoms with van der Waals surface area (Å²) in [7, 11) is 1.38. The maximum atomic E-state index is 11.9. The molecule has 1 amide bonds. The van der Waals surface area contributed by atoms with Gasteiger partial charge in [-0.05, 0) is 63.3 Å². The van der Waals surface area contributed by atoms with Gasteiger partial charge in [-0.1, -0.05) is 6.07 Å². The van der Waals surface area contributed by atoms with Crippen molar-refractivity contribution in [1.82, 2.24) is 5.32 Å². The molecule has 0 saturated carbocycles. The van der Waals surface area contributed by atoms with Crippen LogP contribution >= 0.6 is 0 Å². The summed E-state index contributed by atoms with van der Waals surface area (Å²) in [5, 5.41) is 2.90. The number of benzene rings is 1. The molecule has 0 unspecified atom stereocenters. The fourth-order valence-corrected chi connectivity index (χ4v) is 2.81. The summed E-state index contributed by atoms with van der Waals surface area (Å²) < 4.78 is 10.1. The fourth-order valence-electron chi connectivity index (χ4n) is 2.81. The highest BCUT2D eigenvalue weighted by atomic mass is 16.6. The van der Waals surface area contributed by atoms with Crippen molar-refractivity contribution in [2.75, 3.05) is 7.11 Å². The van der Waals surface area contributed by atoms with Crippen LogP contribution in [0.25, 0.3) is 0 Å². The van der Waals surface area contributed by atoms with Crippen LogP contribution < -0.4 is 5.32 Å². The number of fused-ring (bicyclic) bond motifs is 1. The molecule has 2 rings (SSSR count). The average Bonchev–Trinajstić information content (AvgIpc) is 2.80. The van der Waals surface area contributed by atoms with Gasteiger partial charge in [-0.2, -0.15) is 0 Å². The van der Waals surface area contributed by atoms with Crippen LogP contribution in [0.2, 0.25) is 0 Å². The summed E-state index contributed by atoms with van der Waals surface area (Å²) in [5.74, 6) is -0.330. The highest BCUT2D eigenvalue weighted by Crippen LogP contribution is 2.35. The van der Waals surface area contributed by atoms with Gasteiger partial charge >= 0.3 is 12.1 Å². The van der Waals surface area contributed by atoms with E-state index in [1.165, 1.54) is 7.11 Å². The molecule has 0 saturated heterocycles. The van der Waals surface area contributed by atoms with E-state index in [0.717, 1.165) is 29.5 Å². The molecule has 0 aliphatic heterocycles. The summed E-state index contributed by atoms with van der Waals surface area (Å²) in [6.07, 6.45) is 1.21. The molecule has 1 atom stereocenters. The van der Waals surface area contributed by atoms with Gasteiger partial charge in [-0.3, -0.25) is 0 Å². The Morgan fingerprint density at radius 2 is 1.95 bits per heavy atom. The maximum Gasteiger partial charge on any atom is 0.408 e. The van der Waals surface area contributed by atoms with Crippen LogP contribution in [-0.4, -0.2) is 24.8 Å². The molecule has 1 aliphatic rings. The predicted octanol–water partition coefficient (Wildman–Crippen LogP) is 3.29. The Bertz CT molecular complexity index is 601. The van der Waals surface area contributed by atoms with Gasteiger partial charge in [-0.15, -0.1) is 0 Å². The first-order valence-corrected chi connectivity index (χ1v) is 7.43. The maximum absolute atomic E-state index is 11.9. The monoisotopic (exact) mass is 305 g/mol. The van der Waals surface area contributed by atoms with Gasteiger partial charge in [0.1, 0.15) is 5.60 Å². The molecule has 0 bridgehead atoms. The lowest BCUT2D eigenvalue weighted by atomic mass is 9.98. The number of hydrogen-bond donors (Lipinski definition) is 1. The molecule has 1 aliphatic carbocycles. The van der Waals surface area contributed by atoms with E-state index >= 15 is 0 Å². The average molecular weight is 305 g/mol. The number of rotatable bonds is 2. The summed E-state index contributed by atoms with van der Waals surface area (Å²) >= 11 is 0. The molecule has 5 nitrogen and oxygen atoms in total. The lowest BCUT2D eigenvalue weighted by Gasteiger charge is -2.22. The molecule has 0 heterocycles. The highest BCUT2D eigenvalue weighted by molar-refractivity contribution is 5.91. The summed E-state index contributed by atoms with van der Waals surface area (Å²) in [4.78, 5) is 23.7. The van der Waals surface area contributed by atoms with E-state index in [1.54, 1.807) is 6.07 Å². The molecule has 0 aromatic heterocycles. The van der Waals surface area contributed by atoms with Crippen molar-refractivity contribution in [3.05, 3.63) is 34.4 Å². The smallest absolute Gasteiger partial charge is 0.408 e. The SMILES string of the molecule is COC(=O)c1ccc2c(c1C)CC[C@@H]2NC(=O)OC(C)(C)C. The first-order valence-electron chi connectivity index (χ1n) is 7.43. The van der Waals surface area contributed by atoms with Crippen molar-refractivity contribution in [3.8, 4) is 0 Å². The van der Waals surface area contributed by atoms with E-state index in [0.29, 0.717) is 5.56 Å². The van der Waals surface area contributed by atoms with E-state index < -0.39 is 11.7 Å². The van der Waals surface area contributed by atoms with Crippen LogP contribution in [0.4, 0.5) is 4.79 Å². The van der Waals surface area contributed by atoms with Crippen molar-refractivity contribution in [2.45, 2.75) is 52.2 Å². The second-order valence-electron chi connectivity index (χ2n) is 6.53. The molecule has 0 spiro atoms. The van der Waals surface area contributed by atoms with Crippen LogP contribution in [0.5, 0.6) is 0 Å².